The summed E-state index contributed by atoms with van der Waals surface area (Å²) in [6.07, 6.45) is 6.06. The van der Waals surface area contributed by atoms with Crippen LogP contribution in [0.1, 0.15) is 45.4 Å². The molecule has 128 valence electrons. The molecule has 0 aromatic carbocycles. The Labute approximate surface area is 138 Å². The maximum absolute atomic E-state index is 12.9. The van der Waals surface area contributed by atoms with E-state index in [1.54, 1.807) is 0 Å². The van der Waals surface area contributed by atoms with E-state index in [2.05, 4.69) is 6.92 Å². The molecular weight excluding hydrogens is 292 g/mol. The Balaban J connectivity index is 1.46. The van der Waals surface area contributed by atoms with E-state index in [0.717, 1.165) is 64.1 Å². The highest BCUT2D eigenvalue weighted by molar-refractivity contribution is 5.84. The van der Waals surface area contributed by atoms with Gasteiger partial charge in [-0.25, -0.2) is 0 Å². The molecule has 3 aliphatic heterocycles. The van der Waals surface area contributed by atoms with Crippen molar-refractivity contribution in [3.63, 3.8) is 0 Å². The van der Waals surface area contributed by atoms with Crippen molar-refractivity contribution in [2.45, 2.75) is 57.6 Å². The largest absolute Gasteiger partial charge is 0.376 e. The lowest BCUT2D eigenvalue weighted by atomic mass is 9.87. The highest BCUT2D eigenvalue weighted by Crippen LogP contribution is 2.38. The maximum Gasteiger partial charge on any atom is 0.227 e. The SMILES string of the molecule is CC1CCN(C(=O)[C@H]2C[C@H]3OCC[C@H]3N(C(=O)C3CC3)C2)CC1. The normalized spacial score (nSPS) is 35.3. The van der Waals surface area contributed by atoms with Gasteiger partial charge in [-0.3, -0.25) is 9.59 Å². The van der Waals surface area contributed by atoms with Gasteiger partial charge in [-0.1, -0.05) is 6.92 Å². The van der Waals surface area contributed by atoms with E-state index in [9.17, 15) is 9.59 Å². The van der Waals surface area contributed by atoms with Gasteiger partial charge in [-0.05, 0) is 44.4 Å². The van der Waals surface area contributed by atoms with Crippen LogP contribution in [0.4, 0.5) is 0 Å². The van der Waals surface area contributed by atoms with E-state index in [4.69, 9.17) is 4.74 Å². The summed E-state index contributed by atoms with van der Waals surface area (Å²) in [6, 6.07) is 0.216. The number of likely N-dealkylation sites (tertiary alicyclic amines) is 2. The molecule has 5 heteroatoms. The predicted octanol–water partition coefficient (Wildman–Crippen LogP) is 1.66. The van der Waals surface area contributed by atoms with Crippen molar-refractivity contribution in [1.82, 2.24) is 9.80 Å². The van der Waals surface area contributed by atoms with Gasteiger partial charge in [0.05, 0.1) is 18.1 Å². The molecule has 0 bridgehead atoms. The number of carbonyl (C=O) groups is 2. The Kier molecular flexibility index (Phi) is 4.08. The van der Waals surface area contributed by atoms with Gasteiger partial charge in [0.2, 0.25) is 11.8 Å². The smallest absolute Gasteiger partial charge is 0.227 e. The summed E-state index contributed by atoms with van der Waals surface area (Å²) in [6.45, 7) is 5.36. The van der Waals surface area contributed by atoms with E-state index >= 15 is 0 Å². The number of piperidine rings is 2. The minimum Gasteiger partial charge on any atom is -0.376 e. The molecule has 2 amide bonds. The van der Waals surface area contributed by atoms with Crippen LogP contribution in [-0.2, 0) is 14.3 Å². The van der Waals surface area contributed by atoms with Crippen LogP contribution in [-0.4, -0.2) is 60.0 Å². The number of hydrogen-bond donors (Lipinski definition) is 0. The van der Waals surface area contributed by atoms with Crippen molar-refractivity contribution in [2.75, 3.05) is 26.2 Å². The van der Waals surface area contributed by atoms with Gasteiger partial charge < -0.3 is 14.5 Å². The summed E-state index contributed by atoms with van der Waals surface area (Å²) in [7, 11) is 0. The minimum atomic E-state index is -0.0644. The molecule has 4 fully saturated rings. The molecule has 4 rings (SSSR count). The average Bonchev–Trinajstić information content (AvgIpc) is 3.31. The Morgan fingerprint density at radius 2 is 1.70 bits per heavy atom. The quantitative estimate of drug-likeness (QED) is 0.777. The molecule has 5 nitrogen and oxygen atoms in total. The molecule has 0 spiro atoms. The summed E-state index contributed by atoms with van der Waals surface area (Å²) in [5, 5.41) is 0. The molecule has 0 N–H and O–H groups in total. The second-order valence-electron chi connectivity index (χ2n) is 7.97. The molecule has 4 aliphatic rings. The Hall–Kier alpha value is -1.10. The van der Waals surface area contributed by atoms with Crippen molar-refractivity contribution < 1.29 is 14.3 Å². The summed E-state index contributed by atoms with van der Waals surface area (Å²) in [5.74, 6) is 1.40. The van der Waals surface area contributed by atoms with Crippen LogP contribution in [0.25, 0.3) is 0 Å². The van der Waals surface area contributed by atoms with Crippen molar-refractivity contribution in [2.24, 2.45) is 17.8 Å². The number of carbonyl (C=O) groups excluding carboxylic acids is 2. The molecule has 1 saturated carbocycles. The first-order valence-corrected chi connectivity index (χ1v) is 9.34. The Morgan fingerprint density at radius 1 is 0.957 bits per heavy atom. The van der Waals surface area contributed by atoms with Crippen molar-refractivity contribution in [3.8, 4) is 0 Å². The molecule has 23 heavy (non-hydrogen) atoms. The fraction of sp³-hybridized carbons (Fsp3) is 0.889. The van der Waals surface area contributed by atoms with Crippen LogP contribution in [0, 0.1) is 17.8 Å². The Bertz CT molecular complexity index is 483. The van der Waals surface area contributed by atoms with E-state index in [0.29, 0.717) is 6.54 Å². The topological polar surface area (TPSA) is 49.9 Å². The standard InChI is InChI=1S/C18H28N2O3/c1-12-4-7-19(8-5-12)17(21)14-10-16-15(6-9-23-16)20(11-14)18(22)13-2-3-13/h12-16H,2-11H2,1H3/t14-,15+,16+/m0/s1. The third-order valence-electron chi connectivity index (χ3n) is 6.16. The highest BCUT2D eigenvalue weighted by atomic mass is 16.5. The monoisotopic (exact) mass is 320 g/mol. The zero-order chi connectivity index (χ0) is 16.0. The third kappa shape index (κ3) is 3.00. The first-order chi connectivity index (χ1) is 11.1. The summed E-state index contributed by atoms with van der Waals surface area (Å²) in [4.78, 5) is 29.6. The number of rotatable bonds is 2. The zero-order valence-corrected chi connectivity index (χ0v) is 14.1. The molecule has 0 aromatic heterocycles. The van der Waals surface area contributed by atoms with Crippen LogP contribution in [0.5, 0.6) is 0 Å². The fourth-order valence-electron chi connectivity index (χ4n) is 4.43. The molecular formula is C18H28N2O3. The lowest BCUT2D eigenvalue weighted by Gasteiger charge is -2.42. The van der Waals surface area contributed by atoms with Crippen molar-refractivity contribution >= 4 is 11.8 Å². The van der Waals surface area contributed by atoms with Gasteiger partial charge >= 0.3 is 0 Å². The van der Waals surface area contributed by atoms with E-state index in [-0.39, 0.29) is 35.8 Å². The lowest BCUT2D eigenvalue weighted by Crippen LogP contribution is -2.56. The average molecular weight is 320 g/mol. The zero-order valence-electron chi connectivity index (χ0n) is 14.1. The second-order valence-corrected chi connectivity index (χ2v) is 7.97. The lowest BCUT2D eigenvalue weighted by molar-refractivity contribution is -0.148. The molecule has 0 radical (unpaired) electrons. The van der Waals surface area contributed by atoms with Crippen molar-refractivity contribution in [3.05, 3.63) is 0 Å². The summed E-state index contributed by atoms with van der Waals surface area (Å²) in [5.41, 5.74) is 0. The predicted molar refractivity (Wildman–Crippen MR) is 85.7 cm³/mol. The van der Waals surface area contributed by atoms with Gasteiger partial charge in [0.25, 0.3) is 0 Å². The fourth-order valence-corrected chi connectivity index (χ4v) is 4.43. The minimum absolute atomic E-state index is 0.0644. The highest BCUT2D eigenvalue weighted by Gasteiger charge is 2.47. The van der Waals surface area contributed by atoms with Crippen molar-refractivity contribution in [1.29, 1.82) is 0 Å². The molecule has 3 atom stereocenters. The number of fused-ring (bicyclic) bond motifs is 1. The van der Waals surface area contributed by atoms with E-state index < -0.39 is 0 Å². The van der Waals surface area contributed by atoms with Crippen LogP contribution in [0.15, 0.2) is 0 Å². The third-order valence-corrected chi connectivity index (χ3v) is 6.16. The number of ether oxygens (including phenoxy) is 1. The van der Waals surface area contributed by atoms with E-state index in [1.165, 1.54) is 0 Å². The maximum atomic E-state index is 12.9. The second kappa shape index (κ2) is 6.08. The number of nitrogens with zero attached hydrogens (tertiary/aromatic N) is 2. The van der Waals surface area contributed by atoms with Crippen LogP contribution < -0.4 is 0 Å². The molecule has 1 aliphatic carbocycles. The van der Waals surface area contributed by atoms with Gasteiger partial charge in [0.1, 0.15) is 0 Å². The van der Waals surface area contributed by atoms with Gasteiger partial charge in [-0.2, -0.15) is 0 Å². The van der Waals surface area contributed by atoms with Crippen LogP contribution in [0.2, 0.25) is 0 Å². The van der Waals surface area contributed by atoms with Crippen LogP contribution in [0.3, 0.4) is 0 Å². The van der Waals surface area contributed by atoms with Gasteiger partial charge in [-0.15, -0.1) is 0 Å². The van der Waals surface area contributed by atoms with E-state index in [1.807, 2.05) is 9.80 Å². The molecule has 3 heterocycles. The van der Waals surface area contributed by atoms with Gasteiger partial charge in [0.15, 0.2) is 0 Å². The molecule has 3 saturated heterocycles. The van der Waals surface area contributed by atoms with Gasteiger partial charge in [0, 0.05) is 32.2 Å². The molecule has 0 unspecified atom stereocenters. The first kappa shape index (κ1) is 15.4. The number of amides is 2. The summed E-state index contributed by atoms with van der Waals surface area (Å²) >= 11 is 0. The molecule has 0 aromatic rings. The summed E-state index contributed by atoms with van der Waals surface area (Å²) < 4.78 is 5.86. The van der Waals surface area contributed by atoms with Crippen LogP contribution >= 0.6 is 0 Å². The number of hydrogen-bond acceptors (Lipinski definition) is 3. The first-order valence-electron chi connectivity index (χ1n) is 9.34. The Morgan fingerprint density at radius 3 is 2.39 bits per heavy atom.